The normalized spacial score (nSPS) is 9.73. The standard InChI is InChI=1S/C8H8BrN3O3/c9-5-1-2-6(11-8(13)4-10)7(3-5)12(14)15/h1-3H,4,10H2,(H,11,13). The average Bonchev–Trinajstić information content (AvgIpc) is 2.20. The number of nitro benzene ring substituents is 1. The summed E-state index contributed by atoms with van der Waals surface area (Å²) in [6.07, 6.45) is 0. The Kier molecular flexibility index (Phi) is 3.75. The van der Waals surface area contributed by atoms with Crippen LogP contribution in [0, 0.1) is 10.1 Å². The van der Waals surface area contributed by atoms with Crippen LogP contribution in [-0.2, 0) is 4.79 Å². The molecule has 6 nitrogen and oxygen atoms in total. The van der Waals surface area contributed by atoms with Crippen LogP contribution in [0.2, 0.25) is 0 Å². The second kappa shape index (κ2) is 4.85. The molecule has 0 saturated heterocycles. The van der Waals surface area contributed by atoms with Gasteiger partial charge in [-0.15, -0.1) is 0 Å². The van der Waals surface area contributed by atoms with Gasteiger partial charge in [0.1, 0.15) is 5.69 Å². The van der Waals surface area contributed by atoms with Gasteiger partial charge >= 0.3 is 0 Å². The zero-order chi connectivity index (χ0) is 11.4. The van der Waals surface area contributed by atoms with Crippen LogP contribution in [0.1, 0.15) is 0 Å². The van der Waals surface area contributed by atoms with Crippen molar-refractivity contribution in [1.29, 1.82) is 0 Å². The maximum absolute atomic E-state index is 11.0. The maximum atomic E-state index is 11.0. The van der Waals surface area contributed by atoms with Crippen molar-refractivity contribution in [2.45, 2.75) is 0 Å². The van der Waals surface area contributed by atoms with Crippen LogP contribution in [0.5, 0.6) is 0 Å². The third-order valence-corrected chi connectivity index (χ3v) is 2.11. The molecule has 0 bridgehead atoms. The van der Waals surface area contributed by atoms with Gasteiger partial charge in [0, 0.05) is 10.5 Å². The van der Waals surface area contributed by atoms with Gasteiger partial charge in [-0.1, -0.05) is 15.9 Å². The number of carbonyl (C=O) groups is 1. The van der Waals surface area contributed by atoms with Gasteiger partial charge in [0.25, 0.3) is 5.69 Å². The molecular weight excluding hydrogens is 266 g/mol. The number of hydrogen-bond donors (Lipinski definition) is 2. The minimum absolute atomic E-state index is 0.138. The van der Waals surface area contributed by atoms with Crippen molar-refractivity contribution in [3.8, 4) is 0 Å². The number of amides is 1. The molecule has 0 radical (unpaired) electrons. The molecule has 0 heterocycles. The van der Waals surface area contributed by atoms with Gasteiger partial charge in [-0.3, -0.25) is 14.9 Å². The van der Waals surface area contributed by atoms with Gasteiger partial charge in [-0.2, -0.15) is 0 Å². The van der Waals surface area contributed by atoms with Gasteiger partial charge in [-0.25, -0.2) is 0 Å². The Labute approximate surface area is 93.7 Å². The lowest BCUT2D eigenvalue weighted by atomic mass is 10.2. The van der Waals surface area contributed by atoms with E-state index in [0.29, 0.717) is 4.47 Å². The van der Waals surface area contributed by atoms with Gasteiger partial charge in [0.2, 0.25) is 5.91 Å². The Morgan fingerprint density at radius 1 is 1.60 bits per heavy atom. The van der Waals surface area contributed by atoms with E-state index in [0.717, 1.165) is 0 Å². The van der Waals surface area contributed by atoms with Crippen LogP contribution in [-0.4, -0.2) is 17.4 Å². The molecule has 0 atom stereocenters. The largest absolute Gasteiger partial charge is 0.322 e. The zero-order valence-corrected chi connectivity index (χ0v) is 9.15. The summed E-state index contributed by atoms with van der Waals surface area (Å²) in [6.45, 7) is -0.215. The van der Waals surface area contributed by atoms with Crippen LogP contribution < -0.4 is 11.1 Å². The smallest absolute Gasteiger partial charge is 0.293 e. The molecule has 80 valence electrons. The second-order valence-corrected chi connectivity index (χ2v) is 3.59. The molecule has 7 heteroatoms. The minimum atomic E-state index is -0.573. The number of nitrogens with zero attached hydrogens (tertiary/aromatic N) is 1. The van der Waals surface area contributed by atoms with Crippen molar-refractivity contribution < 1.29 is 9.72 Å². The summed E-state index contributed by atoms with van der Waals surface area (Å²) in [5, 5.41) is 13.0. The van der Waals surface area contributed by atoms with Crippen LogP contribution in [0.25, 0.3) is 0 Å². The molecule has 1 rings (SSSR count). The monoisotopic (exact) mass is 273 g/mol. The highest BCUT2D eigenvalue weighted by Crippen LogP contribution is 2.27. The summed E-state index contributed by atoms with van der Waals surface area (Å²) in [6, 6.07) is 4.35. The molecule has 3 N–H and O–H groups in total. The first-order valence-corrected chi connectivity index (χ1v) is 4.77. The molecule has 0 spiro atoms. The molecule has 1 aromatic rings. The van der Waals surface area contributed by atoms with Crippen molar-refractivity contribution >= 4 is 33.2 Å². The summed E-state index contributed by atoms with van der Waals surface area (Å²) in [5.41, 5.74) is 5.05. The molecule has 1 amide bonds. The number of carbonyl (C=O) groups excluding carboxylic acids is 1. The zero-order valence-electron chi connectivity index (χ0n) is 7.57. The number of benzene rings is 1. The van der Waals surface area contributed by atoms with Gasteiger partial charge in [0.05, 0.1) is 11.5 Å². The van der Waals surface area contributed by atoms with Gasteiger partial charge in [0.15, 0.2) is 0 Å². The van der Waals surface area contributed by atoms with Crippen molar-refractivity contribution in [2.75, 3.05) is 11.9 Å². The van der Waals surface area contributed by atoms with E-state index in [-0.39, 0.29) is 17.9 Å². The third-order valence-electron chi connectivity index (χ3n) is 1.62. The number of anilines is 1. The molecule has 0 saturated carbocycles. The Morgan fingerprint density at radius 2 is 2.27 bits per heavy atom. The molecule has 0 aromatic heterocycles. The van der Waals surface area contributed by atoms with E-state index < -0.39 is 10.8 Å². The van der Waals surface area contributed by atoms with E-state index in [4.69, 9.17) is 5.73 Å². The summed E-state index contributed by atoms with van der Waals surface area (Å²) in [7, 11) is 0. The Balaban J connectivity index is 3.06. The first-order valence-electron chi connectivity index (χ1n) is 3.98. The predicted octanol–water partition coefficient (Wildman–Crippen LogP) is 1.25. The third kappa shape index (κ3) is 3.00. The van der Waals surface area contributed by atoms with E-state index in [1.165, 1.54) is 12.1 Å². The lowest BCUT2D eigenvalue weighted by Crippen LogP contribution is -2.22. The van der Waals surface area contributed by atoms with Crippen LogP contribution >= 0.6 is 15.9 Å². The SMILES string of the molecule is NCC(=O)Nc1ccc(Br)cc1[N+](=O)[O-]. The van der Waals surface area contributed by atoms with Crippen LogP contribution in [0.3, 0.4) is 0 Å². The van der Waals surface area contributed by atoms with Crippen molar-refractivity contribution in [2.24, 2.45) is 5.73 Å². The number of nitro groups is 1. The number of nitrogens with one attached hydrogen (secondary N) is 1. The maximum Gasteiger partial charge on any atom is 0.293 e. The highest BCUT2D eigenvalue weighted by molar-refractivity contribution is 9.10. The Morgan fingerprint density at radius 3 is 2.80 bits per heavy atom. The second-order valence-electron chi connectivity index (χ2n) is 2.67. The fourth-order valence-electron chi connectivity index (χ4n) is 0.963. The molecule has 0 aliphatic heterocycles. The van der Waals surface area contributed by atoms with Crippen molar-refractivity contribution in [3.05, 3.63) is 32.8 Å². The summed E-state index contributed by atoms with van der Waals surface area (Å²) >= 11 is 3.11. The lowest BCUT2D eigenvalue weighted by molar-refractivity contribution is -0.384. The van der Waals surface area contributed by atoms with Crippen molar-refractivity contribution in [1.82, 2.24) is 0 Å². The molecular formula is C8H8BrN3O3. The van der Waals surface area contributed by atoms with Gasteiger partial charge < -0.3 is 11.1 Å². The van der Waals surface area contributed by atoms with Crippen LogP contribution in [0.4, 0.5) is 11.4 Å². The quantitative estimate of drug-likeness (QED) is 0.640. The summed E-state index contributed by atoms with van der Waals surface area (Å²) < 4.78 is 0.569. The van der Waals surface area contributed by atoms with Crippen molar-refractivity contribution in [3.63, 3.8) is 0 Å². The highest BCUT2D eigenvalue weighted by atomic mass is 79.9. The number of hydrogen-bond acceptors (Lipinski definition) is 4. The number of rotatable bonds is 3. The van der Waals surface area contributed by atoms with E-state index in [9.17, 15) is 14.9 Å². The molecule has 1 aromatic carbocycles. The van der Waals surface area contributed by atoms with Gasteiger partial charge in [-0.05, 0) is 12.1 Å². The fraction of sp³-hybridized carbons (Fsp3) is 0.125. The molecule has 0 fully saturated rings. The summed E-state index contributed by atoms with van der Waals surface area (Å²) in [5.74, 6) is -0.472. The first kappa shape index (κ1) is 11.6. The molecule has 0 aliphatic carbocycles. The lowest BCUT2D eigenvalue weighted by Gasteiger charge is -2.04. The molecule has 0 aliphatic rings. The van der Waals surface area contributed by atoms with E-state index >= 15 is 0 Å². The molecule has 0 unspecified atom stereocenters. The first-order chi connectivity index (χ1) is 7.04. The van der Waals surface area contributed by atoms with E-state index in [2.05, 4.69) is 21.2 Å². The minimum Gasteiger partial charge on any atom is -0.322 e. The average molecular weight is 274 g/mol. The van der Waals surface area contributed by atoms with Crippen LogP contribution in [0.15, 0.2) is 22.7 Å². The summed E-state index contributed by atoms with van der Waals surface area (Å²) in [4.78, 5) is 21.0. The predicted molar refractivity (Wildman–Crippen MR) is 58.5 cm³/mol. The number of halogens is 1. The highest BCUT2D eigenvalue weighted by Gasteiger charge is 2.15. The molecule has 15 heavy (non-hydrogen) atoms. The Bertz CT molecular complexity index is 408. The number of nitrogens with two attached hydrogens (primary N) is 1. The Hall–Kier alpha value is -1.47. The van der Waals surface area contributed by atoms with E-state index in [1.807, 2.05) is 0 Å². The topological polar surface area (TPSA) is 98.3 Å². The van der Waals surface area contributed by atoms with E-state index in [1.54, 1.807) is 6.07 Å². The fourth-order valence-corrected chi connectivity index (χ4v) is 1.31.